The SMILES string of the molecule is CCCCCCCCC1=C(c2cccc(CCCCC)c2)[N+](=[N-])C(c2cccc(CCCCC)c2)=C1CCCCCCCC.[Pd]. The molecule has 0 spiro atoms. The fourth-order valence-electron chi connectivity index (χ4n) is 6.86. The third-order valence-electron chi connectivity index (χ3n) is 9.46. The van der Waals surface area contributed by atoms with Crippen LogP contribution in [0.1, 0.15) is 178 Å². The number of allylic oxidation sites excluding steroid dienone is 2. The zero-order valence-electron chi connectivity index (χ0n) is 29.4. The Balaban J connectivity index is 0.00000705. The quantitative estimate of drug-likeness (QED) is 0.0591. The molecule has 0 aliphatic carbocycles. The van der Waals surface area contributed by atoms with Gasteiger partial charge in [0, 0.05) is 42.7 Å². The second kappa shape index (κ2) is 23.5. The van der Waals surface area contributed by atoms with Crippen molar-refractivity contribution in [3.8, 4) is 0 Å². The van der Waals surface area contributed by atoms with Crippen LogP contribution in [-0.4, -0.2) is 4.70 Å². The van der Waals surface area contributed by atoms with E-state index in [9.17, 15) is 5.53 Å². The van der Waals surface area contributed by atoms with Gasteiger partial charge in [-0.1, -0.05) is 142 Å². The fraction of sp³-hybridized carbons (Fsp3) is 0.619. The summed E-state index contributed by atoms with van der Waals surface area (Å²) in [7, 11) is 0. The minimum Gasteiger partial charge on any atom is -0.493 e. The van der Waals surface area contributed by atoms with Crippen LogP contribution in [0.15, 0.2) is 59.7 Å². The topological polar surface area (TPSA) is 25.3 Å². The monoisotopic (exact) mass is 702 g/mol. The van der Waals surface area contributed by atoms with Gasteiger partial charge in [-0.2, -0.15) is 0 Å². The smallest absolute Gasteiger partial charge is 0.211 e. The van der Waals surface area contributed by atoms with Crippen LogP contribution in [0.3, 0.4) is 0 Å². The van der Waals surface area contributed by atoms with Crippen molar-refractivity contribution in [3.05, 3.63) is 87.5 Å². The molecule has 0 bridgehead atoms. The Bertz CT molecular complexity index is 1100. The second-order valence-electron chi connectivity index (χ2n) is 13.3. The van der Waals surface area contributed by atoms with Gasteiger partial charge in [0.1, 0.15) is 0 Å². The Morgan fingerprint density at radius 1 is 0.444 bits per heavy atom. The largest absolute Gasteiger partial charge is 0.493 e. The summed E-state index contributed by atoms with van der Waals surface area (Å²) < 4.78 is 1.61. The summed E-state index contributed by atoms with van der Waals surface area (Å²) in [6.45, 7) is 9.13. The van der Waals surface area contributed by atoms with Crippen LogP contribution in [0.25, 0.3) is 16.9 Å². The van der Waals surface area contributed by atoms with Crippen molar-refractivity contribution in [2.24, 2.45) is 0 Å². The number of unbranched alkanes of at least 4 members (excludes halogenated alkanes) is 14. The summed E-state index contributed by atoms with van der Waals surface area (Å²) >= 11 is 0. The first-order valence-electron chi connectivity index (χ1n) is 18.8. The Kier molecular flexibility index (Phi) is 20.5. The number of hydrogen-bond donors (Lipinski definition) is 0. The molecule has 2 aromatic rings. The molecule has 0 fully saturated rings. The standard InChI is InChI=1S/C42H64N2.Pd/c1-5-9-13-15-17-21-31-39-40(32-22-18-16-14-10-6-2)42(38-30-24-28-36(34-38)26-20-12-8-4)44(43)41(39)37-29-23-27-35(33-37)25-19-11-7-3;/h23-24,27-30,33-34H,5-22,25-26,31-32H2,1-4H3;. The molecule has 3 rings (SSSR count). The third kappa shape index (κ3) is 13.1. The van der Waals surface area contributed by atoms with Crippen LogP contribution >= 0.6 is 0 Å². The van der Waals surface area contributed by atoms with Gasteiger partial charge < -0.3 is 5.53 Å². The zero-order chi connectivity index (χ0) is 31.4. The molecule has 45 heavy (non-hydrogen) atoms. The van der Waals surface area contributed by atoms with Gasteiger partial charge in [0.05, 0.1) is 0 Å². The van der Waals surface area contributed by atoms with Gasteiger partial charge in [0.15, 0.2) is 0 Å². The maximum absolute atomic E-state index is 12.2. The number of aryl methyl sites for hydroxylation is 2. The van der Waals surface area contributed by atoms with Crippen LogP contribution in [-0.2, 0) is 33.3 Å². The zero-order valence-corrected chi connectivity index (χ0v) is 30.9. The van der Waals surface area contributed by atoms with Crippen LogP contribution in [0, 0.1) is 0 Å². The van der Waals surface area contributed by atoms with Crippen LogP contribution in [0.2, 0.25) is 0 Å². The van der Waals surface area contributed by atoms with Crippen molar-refractivity contribution >= 4 is 11.4 Å². The Hall–Kier alpha value is -1.82. The Morgan fingerprint density at radius 2 is 0.778 bits per heavy atom. The van der Waals surface area contributed by atoms with Crippen molar-refractivity contribution in [2.75, 3.05) is 0 Å². The fourth-order valence-corrected chi connectivity index (χ4v) is 6.86. The molecule has 0 radical (unpaired) electrons. The normalized spacial score (nSPS) is 13.2. The molecule has 1 aliphatic heterocycles. The van der Waals surface area contributed by atoms with Gasteiger partial charge in [-0.3, -0.25) is 0 Å². The molecule has 0 amide bonds. The van der Waals surface area contributed by atoms with E-state index in [2.05, 4.69) is 76.2 Å². The first-order chi connectivity index (χ1) is 21.6. The van der Waals surface area contributed by atoms with E-state index < -0.39 is 0 Å². The van der Waals surface area contributed by atoms with E-state index in [4.69, 9.17) is 0 Å². The molecular formula is C42H64N2Pd. The number of hydrogen-bond acceptors (Lipinski definition) is 0. The first kappa shape index (κ1) is 39.4. The molecule has 1 heterocycles. The Morgan fingerprint density at radius 3 is 1.18 bits per heavy atom. The van der Waals surface area contributed by atoms with Gasteiger partial charge in [-0.05, 0) is 86.8 Å². The van der Waals surface area contributed by atoms with Crippen molar-refractivity contribution < 1.29 is 25.1 Å². The molecule has 0 saturated heterocycles. The number of benzene rings is 2. The second-order valence-corrected chi connectivity index (χ2v) is 13.3. The molecule has 0 aromatic heterocycles. The van der Waals surface area contributed by atoms with Crippen molar-refractivity contribution in [1.29, 1.82) is 0 Å². The summed E-state index contributed by atoms with van der Waals surface area (Å²) in [5, 5.41) is 0. The molecule has 0 unspecified atom stereocenters. The van der Waals surface area contributed by atoms with Gasteiger partial charge in [-0.15, -0.1) is 0 Å². The third-order valence-corrected chi connectivity index (χ3v) is 9.46. The predicted molar refractivity (Wildman–Crippen MR) is 193 cm³/mol. The molecule has 1 aliphatic rings. The molecule has 252 valence electrons. The number of nitrogens with zero attached hydrogens (tertiary/aromatic N) is 2. The van der Waals surface area contributed by atoms with E-state index in [-0.39, 0.29) is 20.4 Å². The van der Waals surface area contributed by atoms with Crippen LogP contribution in [0.4, 0.5) is 0 Å². The first-order valence-corrected chi connectivity index (χ1v) is 18.8. The van der Waals surface area contributed by atoms with E-state index >= 15 is 0 Å². The van der Waals surface area contributed by atoms with Gasteiger partial charge in [0.2, 0.25) is 11.4 Å². The predicted octanol–water partition coefficient (Wildman–Crippen LogP) is 13.8. The molecule has 3 heteroatoms. The summed E-state index contributed by atoms with van der Waals surface area (Å²) in [5.41, 5.74) is 22.2. The average molecular weight is 703 g/mol. The van der Waals surface area contributed by atoms with E-state index in [1.54, 1.807) is 4.70 Å². The van der Waals surface area contributed by atoms with Crippen molar-refractivity contribution in [1.82, 2.24) is 0 Å². The molecule has 0 saturated carbocycles. The minimum absolute atomic E-state index is 0. The van der Waals surface area contributed by atoms with E-state index in [1.807, 2.05) is 0 Å². The van der Waals surface area contributed by atoms with E-state index in [0.29, 0.717) is 0 Å². The van der Waals surface area contributed by atoms with Crippen molar-refractivity contribution in [3.63, 3.8) is 0 Å². The molecular weight excluding hydrogens is 639 g/mol. The van der Waals surface area contributed by atoms with Gasteiger partial charge in [-0.25, -0.2) is 4.70 Å². The molecule has 2 aromatic carbocycles. The van der Waals surface area contributed by atoms with E-state index in [1.165, 1.54) is 149 Å². The summed E-state index contributed by atoms with van der Waals surface area (Å²) in [6.07, 6.45) is 27.3. The Labute approximate surface area is 291 Å². The number of rotatable bonds is 24. The molecule has 0 N–H and O–H groups in total. The maximum atomic E-state index is 12.2. The molecule has 2 nitrogen and oxygen atoms in total. The van der Waals surface area contributed by atoms with E-state index in [0.717, 1.165) is 37.1 Å². The summed E-state index contributed by atoms with van der Waals surface area (Å²) in [4.78, 5) is 0. The van der Waals surface area contributed by atoms with Crippen LogP contribution < -0.4 is 0 Å². The molecule has 0 atom stereocenters. The van der Waals surface area contributed by atoms with Crippen molar-refractivity contribution in [2.45, 2.75) is 169 Å². The maximum Gasteiger partial charge on any atom is 0.211 e. The van der Waals surface area contributed by atoms with Gasteiger partial charge in [0.25, 0.3) is 0 Å². The van der Waals surface area contributed by atoms with Crippen LogP contribution in [0.5, 0.6) is 0 Å². The van der Waals surface area contributed by atoms with Gasteiger partial charge >= 0.3 is 0 Å². The minimum atomic E-state index is 0. The average Bonchev–Trinajstić information content (AvgIpc) is 3.31. The summed E-state index contributed by atoms with van der Waals surface area (Å²) in [5.74, 6) is 0. The summed E-state index contributed by atoms with van der Waals surface area (Å²) in [6, 6.07) is 18.2.